The van der Waals surface area contributed by atoms with E-state index in [4.69, 9.17) is 16.3 Å². The van der Waals surface area contributed by atoms with Crippen molar-refractivity contribution in [2.24, 2.45) is 0 Å². The van der Waals surface area contributed by atoms with Gasteiger partial charge in [-0.15, -0.1) is 0 Å². The third-order valence-electron chi connectivity index (χ3n) is 3.29. The third kappa shape index (κ3) is 4.42. The van der Waals surface area contributed by atoms with Crippen LogP contribution in [0.15, 0.2) is 30.5 Å². The molecule has 0 saturated heterocycles. The van der Waals surface area contributed by atoms with Gasteiger partial charge in [0.25, 0.3) is 5.91 Å². The van der Waals surface area contributed by atoms with Gasteiger partial charge in [-0.05, 0) is 17.7 Å². The van der Waals surface area contributed by atoms with Crippen LogP contribution in [-0.2, 0) is 12.0 Å². The fraction of sp³-hybridized carbons (Fsp3) is 0.353. The van der Waals surface area contributed by atoms with Gasteiger partial charge < -0.3 is 10.1 Å². The average molecular weight is 334 g/mol. The molecular weight excluding hydrogens is 314 g/mol. The number of halogens is 1. The zero-order valence-corrected chi connectivity index (χ0v) is 14.4. The number of nitrogens with one attached hydrogen (secondary N) is 1. The highest BCUT2D eigenvalue weighted by Gasteiger charge is 2.21. The highest BCUT2D eigenvalue weighted by atomic mass is 35.5. The normalized spacial score (nSPS) is 11.2. The van der Waals surface area contributed by atoms with Crippen molar-refractivity contribution < 1.29 is 9.53 Å². The summed E-state index contributed by atoms with van der Waals surface area (Å²) in [6.45, 7) is 6.37. The topological polar surface area (TPSA) is 64.1 Å². The first kappa shape index (κ1) is 17.2. The van der Waals surface area contributed by atoms with E-state index in [1.165, 1.54) is 6.20 Å². The van der Waals surface area contributed by atoms with E-state index in [0.29, 0.717) is 12.2 Å². The Kier molecular flexibility index (Phi) is 5.21. The second-order valence-electron chi connectivity index (χ2n) is 6.18. The quantitative estimate of drug-likeness (QED) is 0.931. The predicted molar refractivity (Wildman–Crippen MR) is 89.9 cm³/mol. The molecule has 0 aliphatic carbocycles. The lowest BCUT2D eigenvalue weighted by molar-refractivity contribution is 0.0945. The van der Waals surface area contributed by atoms with E-state index in [1.54, 1.807) is 7.11 Å². The van der Waals surface area contributed by atoms with Crippen LogP contribution in [0, 0.1) is 0 Å². The van der Waals surface area contributed by atoms with Crippen LogP contribution in [0.2, 0.25) is 5.15 Å². The number of benzene rings is 1. The molecule has 0 fully saturated rings. The number of amides is 1. The molecule has 0 radical (unpaired) electrons. The van der Waals surface area contributed by atoms with E-state index in [-0.39, 0.29) is 22.2 Å². The predicted octanol–water partition coefficient (Wildman–Crippen LogP) is 3.37. The maximum Gasteiger partial charge on any atom is 0.271 e. The van der Waals surface area contributed by atoms with Crippen molar-refractivity contribution in [1.82, 2.24) is 15.3 Å². The van der Waals surface area contributed by atoms with Gasteiger partial charge in [-0.1, -0.05) is 44.5 Å². The second kappa shape index (κ2) is 6.96. The highest BCUT2D eigenvalue weighted by Crippen LogP contribution is 2.25. The molecule has 1 aromatic heterocycles. The van der Waals surface area contributed by atoms with E-state index in [1.807, 2.05) is 45.0 Å². The maximum atomic E-state index is 12.2. The zero-order valence-electron chi connectivity index (χ0n) is 13.7. The number of nitrogens with zero attached hydrogens (tertiary/aromatic N) is 2. The molecule has 5 nitrogen and oxygen atoms in total. The number of hydrogen-bond acceptors (Lipinski definition) is 4. The molecule has 0 atom stereocenters. The van der Waals surface area contributed by atoms with E-state index < -0.39 is 0 Å². The Bertz CT molecular complexity index is 694. The van der Waals surface area contributed by atoms with E-state index in [0.717, 1.165) is 11.3 Å². The Morgan fingerprint density at radius 2 is 1.91 bits per heavy atom. The molecule has 23 heavy (non-hydrogen) atoms. The molecule has 0 saturated carbocycles. The smallest absolute Gasteiger partial charge is 0.271 e. The number of hydrogen-bond donors (Lipinski definition) is 1. The summed E-state index contributed by atoms with van der Waals surface area (Å²) >= 11 is 6.14. The first-order valence-corrected chi connectivity index (χ1v) is 7.63. The summed E-state index contributed by atoms with van der Waals surface area (Å²) in [6, 6.07) is 7.47. The van der Waals surface area contributed by atoms with Gasteiger partial charge in [0.15, 0.2) is 5.15 Å². The minimum absolute atomic E-state index is 0.205. The van der Waals surface area contributed by atoms with Crippen LogP contribution < -0.4 is 10.1 Å². The van der Waals surface area contributed by atoms with Gasteiger partial charge in [-0.3, -0.25) is 9.78 Å². The second-order valence-corrected chi connectivity index (χ2v) is 6.53. The molecule has 0 spiro atoms. The standard InChI is InChI=1S/C17H20ClN3O2/c1-17(2,3)14-15(18)21-13(10-19-14)16(22)20-9-11-5-7-12(23-4)8-6-11/h5-8,10H,9H2,1-4H3,(H,20,22). The van der Waals surface area contributed by atoms with Crippen LogP contribution in [-0.4, -0.2) is 23.0 Å². The Labute approximate surface area is 141 Å². The van der Waals surface area contributed by atoms with E-state index >= 15 is 0 Å². The van der Waals surface area contributed by atoms with Crippen LogP contribution in [0.25, 0.3) is 0 Å². The summed E-state index contributed by atoms with van der Waals surface area (Å²) in [5, 5.41) is 3.06. The zero-order chi connectivity index (χ0) is 17.0. The van der Waals surface area contributed by atoms with Crippen molar-refractivity contribution in [2.75, 3.05) is 7.11 Å². The molecule has 6 heteroatoms. The fourth-order valence-corrected chi connectivity index (χ4v) is 2.42. The Hall–Kier alpha value is -2.14. The van der Waals surface area contributed by atoms with Crippen molar-refractivity contribution >= 4 is 17.5 Å². The minimum atomic E-state index is -0.310. The van der Waals surface area contributed by atoms with Gasteiger partial charge in [0.1, 0.15) is 11.4 Å². The summed E-state index contributed by atoms with van der Waals surface area (Å²) < 4.78 is 5.10. The van der Waals surface area contributed by atoms with Crippen molar-refractivity contribution in [3.8, 4) is 5.75 Å². The Morgan fingerprint density at radius 1 is 1.26 bits per heavy atom. The lowest BCUT2D eigenvalue weighted by Crippen LogP contribution is -2.25. The van der Waals surface area contributed by atoms with Crippen LogP contribution in [0.4, 0.5) is 0 Å². The molecule has 2 aromatic rings. The molecular formula is C17H20ClN3O2. The summed E-state index contributed by atoms with van der Waals surface area (Å²) in [4.78, 5) is 20.6. The largest absolute Gasteiger partial charge is 0.497 e. The van der Waals surface area contributed by atoms with Gasteiger partial charge in [0.05, 0.1) is 19.0 Å². The SMILES string of the molecule is COc1ccc(CNC(=O)c2cnc(C(C)(C)C)c(Cl)n2)cc1. The van der Waals surface area contributed by atoms with Gasteiger partial charge in [0.2, 0.25) is 0 Å². The van der Waals surface area contributed by atoms with Crippen molar-refractivity contribution in [2.45, 2.75) is 32.7 Å². The van der Waals surface area contributed by atoms with Crippen LogP contribution in [0.3, 0.4) is 0 Å². The molecule has 1 amide bonds. The highest BCUT2D eigenvalue weighted by molar-refractivity contribution is 6.30. The minimum Gasteiger partial charge on any atom is -0.497 e. The third-order valence-corrected chi connectivity index (χ3v) is 3.55. The summed E-state index contributed by atoms with van der Waals surface area (Å²) in [5.41, 5.74) is 1.62. The molecule has 1 heterocycles. The lowest BCUT2D eigenvalue weighted by atomic mass is 9.92. The molecule has 0 bridgehead atoms. The number of rotatable bonds is 4. The molecule has 1 N–H and O–H groups in total. The van der Waals surface area contributed by atoms with Crippen LogP contribution >= 0.6 is 11.6 Å². The summed E-state index contributed by atoms with van der Waals surface area (Å²) in [7, 11) is 1.61. The maximum absolute atomic E-state index is 12.2. The van der Waals surface area contributed by atoms with E-state index in [2.05, 4.69) is 15.3 Å². The molecule has 0 unspecified atom stereocenters. The Balaban J connectivity index is 2.04. The molecule has 122 valence electrons. The average Bonchev–Trinajstić information content (AvgIpc) is 2.51. The molecule has 2 rings (SSSR count). The van der Waals surface area contributed by atoms with Gasteiger partial charge in [0, 0.05) is 12.0 Å². The molecule has 0 aliphatic heterocycles. The molecule has 1 aromatic carbocycles. The van der Waals surface area contributed by atoms with Gasteiger partial charge in [-0.25, -0.2) is 4.98 Å². The first-order chi connectivity index (χ1) is 10.8. The van der Waals surface area contributed by atoms with E-state index in [9.17, 15) is 4.79 Å². The fourth-order valence-electron chi connectivity index (χ4n) is 2.00. The van der Waals surface area contributed by atoms with Crippen LogP contribution in [0.5, 0.6) is 5.75 Å². The number of methoxy groups -OCH3 is 1. The summed E-state index contributed by atoms with van der Waals surface area (Å²) in [6.07, 6.45) is 1.45. The lowest BCUT2D eigenvalue weighted by Gasteiger charge is -2.18. The number of aromatic nitrogens is 2. The van der Waals surface area contributed by atoms with Gasteiger partial charge in [-0.2, -0.15) is 0 Å². The van der Waals surface area contributed by atoms with Gasteiger partial charge >= 0.3 is 0 Å². The number of carbonyl (C=O) groups excluding carboxylic acids is 1. The first-order valence-electron chi connectivity index (χ1n) is 7.25. The number of carbonyl (C=O) groups is 1. The molecule has 0 aliphatic rings. The van der Waals surface area contributed by atoms with Crippen molar-refractivity contribution in [1.29, 1.82) is 0 Å². The summed E-state index contributed by atoms with van der Waals surface area (Å²) in [5.74, 6) is 0.464. The number of ether oxygens (including phenoxy) is 1. The Morgan fingerprint density at radius 3 is 2.43 bits per heavy atom. The monoisotopic (exact) mass is 333 g/mol. The van der Waals surface area contributed by atoms with Crippen LogP contribution in [0.1, 0.15) is 42.5 Å². The van der Waals surface area contributed by atoms with Crippen molar-refractivity contribution in [3.05, 3.63) is 52.6 Å². The van der Waals surface area contributed by atoms with Crippen molar-refractivity contribution in [3.63, 3.8) is 0 Å².